The normalized spacial score (nSPS) is 9.75. The van der Waals surface area contributed by atoms with Gasteiger partial charge < -0.3 is 4.74 Å². The van der Waals surface area contributed by atoms with Crippen LogP contribution in [0.2, 0.25) is 0 Å². The van der Waals surface area contributed by atoms with Gasteiger partial charge in [0.15, 0.2) is 12.1 Å². The molecular weight excluding hydrogens is 204 g/mol. The first kappa shape index (κ1) is 12.4. The summed E-state index contributed by atoms with van der Waals surface area (Å²) in [4.78, 5) is 20.7. The lowest BCUT2D eigenvalue weighted by atomic mass is 10.1. The number of hydrogen-bond acceptors (Lipinski definition) is 3. The summed E-state index contributed by atoms with van der Waals surface area (Å²) in [5.74, 6) is 0.551. The van der Waals surface area contributed by atoms with E-state index in [1.807, 2.05) is 30.3 Å². The van der Waals surface area contributed by atoms with Crippen molar-refractivity contribution in [1.29, 1.82) is 0 Å². The van der Waals surface area contributed by atoms with E-state index >= 15 is 0 Å². The van der Waals surface area contributed by atoms with Crippen LogP contribution >= 0.6 is 0 Å². The van der Waals surface area contributed by atoms with Gasteiger partial charge in [0, 0.05) is 6.42 Å². The molecule has 0 aliphatic carbocycles. The smallest absolute Gasteiger partial charge is 0.195 e. The van der Waals surface area contributed by atoms with Crippen LogP contribution in [0.15, 0.2) is 30.3 Å². The van der Waals surface area contributed by atoms with Gasteiger partial charge in [-0.3, -0.25) is 9.59 Å². The molecular formula is C13H16O3. The topological polar surface area (TPSA) is 43.4 Å². The van der Waals surface area contributed by atoms with Crippen molar-refractivity contribution in [2.45, 2.75) is 25.7 Å². The molecule has 0 fully saturated rings. The number of unbranched alkanes of at least 4 members (excludes halogenated alkanes) is 2. The minimum Gasteiger partial charge on any atom is -0.494 e. The maximum atomic E-state index is 10.7. The zero-order chi connectivity index (χ0) is 11.6. The number of hydrogen-bond donors (Lipinski definition) is 0. The van der Waals surface area contributed by atoms with Gasteiger partial charge in [0.05, 0.1) is 6.61 Å². The maximum Gasteiger partial charge on any atom is 0.195 e. The van der Waals surface area contributed by atoms with Gasteiger partial charge in [-0.2, -0.15) is 0 Å². The van der Waals surface area contributed by atoms with Gasteiger partial charge in [-0.15, -0.1) is 0 Å². The van der Waals surface area contributed by atoms with Crippen molar-refractivity contribution in [2.75, 3.05) is 6.61 Å². The summed E-state index contributed by atoms with van der Waals surface area (Å²) < 4.78 is 5.48. The Morgan fingerprint density at radius 3 is 2.56 bits per heavy atom. The van der Waals surface area contributed by atoms with Crippen LogP contribution in [0.3, 0.4) is 0 Å². The molecule has 0 aliphatic rings. The van der Waals surface area contributed by atoms with Crippen molar-refractivity contribution in [3.05, 3.63) is 30.3 Å². The lowest BCUT2D eigenvalue weighted by molar-refractivity contribution is -0.129. The fourth-order valence-electron chi connectivity index (χ4n) is 1.34. The second-order valence-electron chi connectivity index (χ2n) is 3.56. The monoisotopic (exact) mass is 220 g/mol. The van der Waals surface area contributed by atoms with E-state index in [1.165, 1.54) is 0 Å². The first-order chi connectivity index (χ1) is 7.83. The molecule has 0 aliphatic heterocycles. The highest BCUT2D eigenvalue weighted by Crippen LogP contribution is 2.09. The van der Waals surface area contributed by atoms with Crippen LogP contribution in [0, 0.1) is 0 Å². The number of ketones is 1. The lowest BCUT2D eigenvalue weighted by Crippen LogP contribution is -2.00. The van der Waals surface area contributed by atoms with E-state index in [9.17, 15) is 9.59 Å². The molecule has 0 aromatic heterocycles. The van der Waals surface area contributed by atoms with Crippen LogP contribution in [-0.4, -0.2) is 18.7 Å². The van der Waals surface area contributed by atoms with Crippen LogP contribution in [0.25, 0.3) is 0 Å². The molecule has 16 heavy (non-hydrogen) atoms. The van der Waals surface area contributed by atoms with Crippen LogP contribution in [0.4, 0.5) is 0 Å². The molecule has 0 unspecified atom stereocenters. The molecule has 86 valence electrons. The minimum atomic E-state index is -0.316. The summed E-state index contributed by atoms with van der Waals surface area (Å²) in [7, 11) is 0. The van der Waals surface area contributed by atoms with Gasteiger partial charge in [-0.25, -0.2) is 0 Å². The fourth-order valence-corrected chi connectivity index (χ4v) is 1.34. The summed E-state index contributed by atoms with van der Waals surface area (Å²) in [6, 6.07) is 9.62. The van der Waals surface area contributed by atoms with Crippen molar-refractivity contribution in [3.63, 3.8) is 0 Å². The highest BCUT2D eigenvalue weighted by Gasteiger charge is 1.98. The highest BCUT2D eigenvalue weighted by molar-refractivity contribution is 6.24. The summed E-state index contributed by atoms with van der Waals surface area (Å²) >= 11 is 0. The molecule has 0 heterocycles. The van der Waals surface area contributed by atoms with Crippen molar-refractivity contribution in [1.82, 2.24) is 0 Å². The zero-order valence-electron chi connectivity index (χ0n) is 9.22. The Labute approximate surface area is 95.4 Å². The SMILES string of the molecule is O=CC(=O)CCCCCOc1ccccc1. The summed E-state index contributed by atoms with van der Waals surface area (Å²) in [5, 5.41) is 0. The number of benzene rings is 1. The van der Waals surface area contributed by atoms with Crippen molar-refractivity contribution in [3.8, 4) is 5.75 Å². The Morgan fingerprint density at radius 2 is 1.88 bits per heavy atom. The number of carbonyl (C=O) groups is 2. The average Bonchev–Trinajstić information content (AvgIpc) is 2.34. The van der Waals surface area contributed by atoms with Crippen LogP contribution in [0.1, 0.15) is 25.7 Å². The molecule has 1 aromatic rings. The molecule has 0 amide bonds. The minimum absolute atomic E-state index is 0.316. The standard InChI is InChI=1S/C13H16O3/c14-11-12(15)7-3-2-6-10-16-13-8-4-1-5-9-13/h1,4-5,8-9,11H,2-3,6-7,10H2. The Balaban J connectivity index is 2.00. The second kappa shape index (κ2) is 7.63. The third-order valence-corrected chi connectivity index (χ3v) is 2.21. The quantitative estimate of drug-likeness (QED) is 0.384. The molecule has 1 aromatic carbocycles. The molecule has 0 saturated heterocycles. The Kier molecular flexibility index (Phi) is 5.92. The van der Waals surface area contributed by atoms with Crippen LogP contribution in [-0.2, 0) is 9.59 Å². The molecule has 3 heteroatoms. The molecule has 3 nitrogen and oxygen atoms in total. The largest absolute Gasteiger partial charge is 0.494 e. The van der Waals surface area contributed by atoms with Gasteiger partial charge in [0.25, 0.3) is 0 Å². The third kappa shape index (κ3) is 5.29. The number of aldehydes is 1. The summed E-state index contributed by atoms with van der Waals surface area (Å²) in [6.45, 7) is 0.652. The fraction of sp³-hybridized carbons (Fsp3) is 0.385. The summed E-state index contributed by atoms with van der Waals surface area (Å²) in [5.41, 5.74) is 0. The predicted molar refractivity (Wildman–Crippen MR) is 61.5 cm³/mol. The lowest BCUT2D eigenvalue weighted by Gasteiger charge is -2.04. The molecule has 0 N–H and O–H groups in total. The Bertz CT molecular complexity index is 319. The van der Waals surface area contributed by atoms with Crippen molar-refractivity contribution in [2.24, 2.45) is 0 Å². The number of ether oxygens (including phenoxy) is 1. The van der Waals surface area contributed by atoms with Crippen LogP contribution < -0.4 is 4.74 Å². The molecule has 0 saturated carbocycles. The predicted octanol–water partition coefficient (Wildman–Crippen LogP) is 2.39. The second-order valence-corrected chi connectivity index (χ2v) is 3.56. The first-order valence-corrected chi connectivity index (χ1v) is 5.49. The van der Waals surface area contributed by atoms with Crippen molar-refractivity contribution < 1.29 is 14.3 Å². The number of para-hydroxylation sites is 1. The Hall–Kier alpha value is -1.64. The van der Waals surface area contributed by atoms with E-state index in [0.717, 1.165) is 25.0 Å². The maximum absolute atomic E-state index is 10.7. The van der Waals surface area contributed by atoms with Gasteiger partial charge in [-0.1, -0.05) is 18.2 Å². The highest BCUT2D eigenvalue weighted by atomic mass is 16.5. The van der Waals surface area contributed by atoms with Crippen LogP contribution in [0.5, 0.6) is 5.75 Å². The van der Waals surface area contributed by atoms with E-state index in [-0.39, 0.29) is 5.78 Å². The summed E-state index contributed by atoms with van der Waals surface area (Å²) in [6.07, 6.45) is 3.32. The molecule has 1 rings (SSSR count). The molecule has 0 radical (unpaired) electrons. The average molecular weight is 220 g/mol. The molecule has 0 spiro atoms. The van der Waals surface area contributed by atoms with E-state index in [4.69, 9.17) is 4.74 Å². The zero-order valence-corrected chi connectivity index (χ0v) is 9.22. The van der Waals surface area contributed by atoms with Gasteiger partial charge in [0.2, 0.25) is 0 Å². The van der Waals surface area contributed by atoms with E-state index in [1.54, 1.807) is 0 Å². The van der Waals surface area contributed by atoms with E-state index in [2.05, 4.69) is 0 Å². The Morgan fingerprint density at radius 1 is 1.12 bits per heavy atom. The molecule has 0 bridgehead atoms. The molecule has 0 atom stereocenters. The first-order valence-electron chi connectivity index (χ1n) is 5.49. The van der Waals surface area contributed by atoms with E-state index < -0.39 is 0 Å². The number of rotatable bonds is 8. The van der Waals surface area contributed by atoms with Gasteiger partial charge in [0.1, 0.15) is 5.75 Å². The van der Waals surface area contributed by atoms with Crippen molar-refractivity contribution >= 4 is 12.1 Å². The number of carbonyl (C=O) groups excluding carboxylic acids is 2. The van der Waals surface area contributed by atoms with Gasteiger partial charge >= 0.3 is 0 Å². The number of Topliss-reactive ketones (excluding diaryl/α,β-unsaturated/α-hetero) is 1. The third-order valence-electron chi connectivity index (χ3n) is 2.21. The van der Waals surface area contributed by atoms with Gasteiger partial charge in [-0.05, 0) is 31.4 Å². The van der Waals surface area contributed by atoms with E-state index in [0.29, 0.717) is 19.3 Å².